The Kier molecular flexibility index (Phi) is 5.86. The Labute approximate surface area is 148 Å². The van der Waals surface area contributed by atoms with Gasteiger partial charge in [-0.1, -0.05) is 13.8 Å². The second-order valence-electron chi connectivity index (χ2n) is 5.55. The Morgan fingerprint density at radius 3 is 2.40 bits per heavy atom. The van der Waals surface area contributed by atoms with Crippen LogP contribution < -0.4 is 5.32 Å². The number of anilines is 1. The van der Waals surface area contributed by atoms with Crippen molar-refractivity contribution in [1.29, 1.82) is 0 Å². The molecule has 0 atom stereocenters. The van der Waals surface area contributed by atoms with E-state index in [0.717, 1.165) is 11.1 Å². The Hall–Kier alpha value is -2.32. The number of carbonyl (C=O) groups excluding carboxylic acids is 1. The summed E-state index contributed by atoms with van der Waals surface area (Å²) in [6.07, 6.45) is 4.26. The molecule has 1 amide bonds. The molecule has 1 aromatic carbocycles. The molecule has 25 heavy (non-hydrogen) atoms. The zero-order valence-corrected chi connectivity index (χ0v) is 15.6. The minimum absolute atomic E-state index is 0.161. The highest BCUT2D eigenvalue weighted by atomic mass is 32.2. The molecule has 2 rings (SSSR count). The number of sulfonamides is 1. The van der Waals surface area contributed by atoms with Crippen LogP contribution in [-0.4, -0.2) is 41.7 Å². The fraction of sp³-hybridized carbons (Fsp3) is 0.353. The fourth-order valence-electron chi connectivity index (χ4n) is 2.42. The van der Waals surface area contributed by atoms with Gasteiger partial charge in [0, 0.05) is 31.2 Å². The van der Waals surface area contributed by atoms with Crippen LogP contribution in [0.4, 0.5) is 5.69 Å². The van der Waals surface area contributed by atoms with Gasteiger partial charge in [0.1, 0.15) is 5.69 Å². The lowest BCUT2D eigenvalue weighted by atomic mass is 10.1. The van der Waals surface area contributed by atoms with E-state index in [0.29, 0.717) is 18.8 Å². The smallest absolute Gasteiger partial charge is 0.275 e. The number of hydrogen-bond acceptors (Lipinski definition) is 5. The first kappa shape index (κ1) is 19.0. The third-order valence-corrected chi connectivity index (χ3v) is 6.06. The molecule has 7 nitrogen and oxygen atoms in total. The summed E-state index contributed by atoms with van der Waals surface area (Å²) in [7, 11) is -3.61. The lowest BCUT2D eigenvalue weighted by molar-refractivity contribution is 0.102. The molecule has 1 heterocycles. The first-order chi connectivity index (χ1) is 11.8. The third-order valence-electron chi connectivity index (χ3n) is 4.03. The van der Waals surface area contributed by atoms with Crippen LogP contribution in [0.25, 0.3) is 0 Å². The lowest BCUT2D eigenvalue weighted by Gasteiger charge is -2.20. The molecule has 0 fully saturated rings. The molecule has 0 aliphatic rings. The van der Waals surface area contributed by atoms with Gasteiger partial charge in [-0.05, 0) is 37.1 Å². The van der Waals surface area contributed by atoms with Gasteiger partial charge in [-0.25, -0.2) is 13.4 Å². The summed E-state index contributed by atoms with van der Waals surface area (Å²) in [6, 6.07) is 3.12. The minimum Gasteiger partial charge on any atom is -0.320 e. The van der Waals surface area contributed by atoms with E-state index in [9.17, 15) is 13.2 Å². The number of benzene rings is 1. The van der Waals surface area contributed by atoms with Crippen LogP contribution in [-0.2, 0) is 10.0 Å². The average Bonchev–Trinajstić information content (AvgIpc) is 2.60. The second kappa shape index (κ2) is 7.71. The van der Waals surface area contributed by atoms with E-state index in [-0.39, 0.29) is 10.6 Å². The molecule has 8 heteroatoms. The Morgan fingerprint density at radius 1 is 1.16 bits per heavy atom. The molecule has 134 valence electrons. The van der Waals surface area contributed by atoms with Crippen molar-refractivity contribution in [3.05, 3.63) is 47.5 Å². The van der Waals surface area contributed by atoms with Crippen molar-refractivity contribution in [1.82, 2.24) is 14.3 Å². The summed E-state index contributed by atoms with van der Waals surface area (Å²) in [5.74, 6) is -0.437. The largest absolute Gasteiger partial charge is 0.320 e. The SMILES string of the molecule is CCN(CC)S(=O)(=O)c1cc(C)c(C)c(NC(=O)c2cnccn2)c1. The molecule has 0 spiro atoms. The highest BCUT2D eigenvalue weighted by Gasteiger charge is 2.23. The molecule has 0 saturated carbocycles. The molecule has 0 radical (unpaired) electrons. The third kappa shape index (κ3) is 4.02. The van der Waals surface area contributed by atoms with Crippen molar-refractivity contribution in [3.63, 3.8) is 0 Å². The van der Waals surface area contributed by atoms with Crippen molar-refractivity contribution in [2.45, 2.75) is 32.6 Å². The number of nitrogens with one attached hydrogen (secondary N) is 1. The summed E-state index contributed by atoms with van der Waals surface area (Å²) in [5.41, 5.74) is 2.19. The van der Waals surface area contributed by atoms with Crippen molar-refractivity contribution < 1.29 is 13.2 Å². The standard InChI is InChI=1S/C17H22N4O3S/c1-5-21(6-2)25(23,24)14-9-12(3)13(4)15(10-14)20-17(22)16-11-18-7-8-19-16/h7-11H,5-6H2,1-4H3,(H,20,22). The normalized spacial score (nSPS) is 11.6. The quantitative estimate of drug-likeness (QED) is 0.852. The zero-order chi connectivity index (χ0) is 18.6. The number of carbonyl (C=O) groups is 1. The first-order valence-electron chi connectivity index (χ1n) is 8.00. The Balaban J connectivity index is 2.43. The van der Waals surface area contributed by atoms with Gasteiger partial charge in [-0.2, -0.15) is 4.31 Å². The summed E-state index contributed by atoms with van der Waals surface area (Å²) in [5, 5.41) is 2.73. The molecule has 0 aliphatic heterocycles. The fourth-order valence-corrected chi connectivity index (χ4v) is 3.99. The molecule has 2 aromatic rings. The zero-order valence-electron chi connectivity index (χ0n) is 14.8. The lowest BCUT2D eigenvalue weighted by Crippen LogP contribution is -2.30. The van der Waals surface area contributed by atoms with Gasteiger partial charge in [-0.15, -0.1) is 0 Å². The Bertz CT molecular complexity index is 863. The van der Waals surface area contributed by atoms with Crippen LogP contribution in [0.2, 0.25) is 0 Å². The molecule has 0 saturated heterocycles. The predicted molar refractivity (Wildman–Crippen MR) is 96.0 cm³/mol. The minimum atomic E-state index is -3.61. The van der Waals surface area contributed by atoms with Crippen molar-refractivity contribution in [3.8, 4) is 0 Å². The number of nitrogens with zero attached hydrogens (tertiary/aromatic N) is 3. The van der Waals surface area contributed by atoms with Crippen LogP contribution in [0.1, 0.15) is 35.5 Å². The summed E-state index contributed by atoms with van der Waals surface area (Å²) in [6.45, 7) is 7.99. The number of rotatable bonds is 6. The summed E-state index contributed by atoms with van der Waals surface area (Å²) >= 11 is 0. The molecular formula is C17H22N4O3S. The Morgan fingerprint density at radius 2 is 1.84 bits per heavy atom. The van der Waals surface area contributed by atoms with E-state index < -0.39 is 15.9 Å². The maximum absolute atomic E-state index is 12.8. The van der Waals surface area contributed by atoms with Gasteiger partial charge < -0.3 is 5.32 Å². The molecule has 0 aliphatic carbocycles. The molecular weight excluding hydrogens is 340 g/mol. The van der Waals surface area contributed by atoms with Gasteiger partial charge in [0.25, 0.3) is 5.91 Å². The summed E-state index contributed by atoms with van der Waals surface area (Å²) in [4.78, 5) is 20.3. The van der Waals surface area contributed by atoms with E-state index in [1.807, 2.05) is 13.8 Å². The van der Waals surface area contributed by atoms with Gasteiger partial charge in [0.2, 0.25) is 10.0 Å². The van der Waals surface area contributed by atoms with E-state index in [2.05, 4.69) is 15.3 Å². The van der Waals surface area contributed by atoms with Gasteiger partial charge in [0.15, 0.2) is 0 Å². The van der Waals surface area contributed by atoms with E-state index >= 15 is 0 Å². The van der Waals surface area contributed by atoms with E-state index in [1.54, 1.807) is 19.9 Å². The number of amides is 1. The summed E-state index contributed by atoms with van der Waals surface area (Å²) < 4.78 is 26.9. The van der Waals surface area contributed by atoms with Crippen LogP contribution in [0.5, 0.6) is 0 Å². The van der Waals surface area contributed by atoms with E-state index in [1.165, 1.54) is 29.0 Å². The highest BCUT2D eigenvalue weighted by Crippen LogP contribution is 2.26. The monoisotopic (exact) mass is 362 g/mol. The number of aryl methyl sites for hydroxylation is 1. The topological polar surface area (TPSA) is 92.3 Å². The van der Waals surface area contributed by atoms with Crippen molar-refractivity contribution in [2.24, 2.45) is 0 Å². The highest BCUT2D eigenvalue weighted by molar-refractivity contribution is 7.89. The van der Waals surface area contributed by atoms with Crippen molar-refractivity contribution >= 4 is 21.6 Å². The van der Waals surface area contributed by atoms with Crippen LogP contribution in [0.15, 0.2) is 35.6 Å². The van der Waals surface area contributed by atoms with Gasteiger partial charge >= 0.3 is 0 Å². The predicted octanol–water partition coefficient (Wildman–Crippen LogP) is 2.38. The maximum Gasteiger partial charge on any atom is 0.275 e. The molecule has 0 unspecified atom stereocenters. The first-order valence-corrected chi connectivity index (χ1v) is 9.44. The molecule has 1 N–H and O–H groups in total. The van der Waals surface area contributed by atoms with Gasteiger partial charge in [0.05, 0.1) is 11.1 Å². The molecule has 1 aromatic heterocycles. The van der Waals surface area contributed by atoms with Crippen LogP contribution in [0, 0.1) is 13.8 Å². The maximum atomic E-state index is 12.8. The number of aromatic nitrogens is 2. The van der Waals surface area contributed by atoms with Crippen LogP contribution in [0.3, 0.4) is 0 Å². The van der Waals surface area contributed by atoms with Crippen LogP contribution >= 0.6 is 0 Å². The average molecular weight is 362 g/mol. The second-order valence-corrected chi connectivity index (χ2v) is 7.48. The molecule has 0 bridgehead atoms. The van der Waals surface area contributed by atoms with Gasteiger partial charge in [-0.3, -0.25) is 9.78 Å². The number of hydrogen-bond donors (Lipinski definition) is 1. The van der Waals surface area contributed by atoms with Crippen molar-refractivity contribution in [2.75, 3.05) is 18.4 Å². The van der Waals surface area contributed by atoms with E-state index in [4.69, 9.17) is 0 Å².